The third-order valence-corrected chi connectivity index (χ3v) is 5.43. The molecule has 1 aliphatic heterocycles. The zero-order chi connectivity index (χ0) is 24.3. The number of pyridine rings is 2. The maximum Gasteiger partial charge on any atom is 0.433 e. The molecule has 0 bridgehead atoms. The largest absolute Gasteiger partial charge is 0.481 e. The van der Waals surface area contributed by atoms with Gasteiger partial charge in [0.05, 0.1) is 31.6 Å². The fraction of sp³-hybridized carbons (Fsp3) is 0.478. The van der Waals surface area contributed by atoms with Crippen LogP contribution in [0.5, 0.6) is 5.88 Å². The topological polar surface area (TPSA) is 75.6 Å². The zero-order valence-corrected chi connectivity index (χ0v) is 19.0. The third kappa shape index (κ3) is 5.80. The van der Waals surface area contributed by atoms with Gasteiger partial charge in [-0.3, -0.25) is 9.69 Å². The second-order valence-electron chi connectivity index (χ2n) is 8.59. The van der Waals surface area contributed by atoms with E-state index in [0.29, 0.717) is 17.9 Å². The van der Waals surface area contributed by atoms with Gasteiger partial charge in [0, 0.05) is 24.7 Å². The van der Waals surface area contributed by atoms with E-state index in [1.165, 1.54) is 23.0 Å². The standard InChI is InChI=1S/C23H27F3N4O3/c1-14(2)7-18-12-29(17-5-6-20(27-11-17)23(24,25)26)22(32)30(18)13-19(31)9-16-8-15(3)21(33-4)28-10-16/h5-6,8,10-11,14,18H,7,9,12-13H2,1-4H3/t18-/m0/s1. The van der Waals surface area contributed by atoms with E-state index in [1.54, 1.807) is 6.20 Å². The Morgan fingerprint density at radius 2 is 1.97 bits per heavy atom. The highest BCUT2D eigenvalue weighted by Crippen LogP contribution is 2.31. The average molecular weight is 464 g/mol. The molecule has 3 rings (SSSR count). The number of halogens is 3. The number of carbonyl (C=O) groups excluding carboxylic acids is 2. The lowest BCUT2D eigenvalue weighted by Crippen LogP contribution is -2.40. The van der Waals surface area contributed by atoms with Gasteiger partial charge in [0.1, 0.15) is 5.69 Å². The molecular formula is C23H27F3N4O3. The molecular weight excluding hydrogens is 437 g/mol. The molecule has 1 atom stereocenters. The van der Waals surface area contributed by atoms with Crippen molar-refractivity contribution in [3.8, 4) is 5.88 Å². The number of anilines is 1. The number of nitrogens with zero attached hydrogens (tertiary/aromatic N) is 4. The van der Waals surface area contributed by atoms with Crippen molar-refractivity contribution in [2.24, 2.45) is 5.92 Å². The Balaban J connectivity index is 1.75. The number of methoxy groups -OCH3 is 1. The monoisotopic (exact) mass is 464 g/mol. The summed E-state index contributed by atoms with van der Waals surface area (Å²) in [7, 11) is 1.52. The first-order valence-electron chi connectivity index (χ1n) is 10.6. The van der Waals surface area contributed by atoms with E-state index in [-0.39, 0.29) is 42.9 Å². The van der Waals surface area contributed by atoms with Gasteiger partial charge in [0.2, 0.25) is 5.88 Å². The Labute approximate surface area is 190 Å². The summed E-state index contributed by atoms with van der Waals surface area (Å²) in [6.45, 7) is 6.04. The molecule has 1 saturated heterocycles. The molecule has 0 radical (unpaired) electrons. The van der Waals surface area contributed by atoms with Crippen molar-refractivity contribution < 1.29 is 27.5 Å². The quantitative estimate of drug-likeness (QED) is 0.583. The second-order valence-corrected chi connectivity index (χ2v) is 8.59. The minimum absolute atomic E-state index is 0.0914. The molecule has 3 heterocycles. The van der Waals surface area contributed by atoms with Gasteiger partial charge in [0.25, 0.3) is 0 Å². The molecule has 33 heavy (non-hydrogen) atoms. The molecule has 0 aliphatic carbocycles. The van der Waals surface area contributed by atoms with Gasteiger partial charge >= 0.3 is 12.2 Å². The highest BCUT2D eigenvalue weighted by Gasteiger charge is 2.39. The van der Waals surface area contributed by atoms with Gasteiger partial charge in [-0.1, -0.05) is 13.8 Å². The second kappa shape index (κ2) is 9.76. The van der Waals surface area contributed by atoms with E-state index < -0.39 is 17.9 Å². The lowest BCUT2D eigenvalue weighted by Gasteiger charge is -2.23. The molecule has 2 aromatic heterocycles. The number of carbonyl (C=O) groups is 2. The molecule has 0 spiro atoms. The summed E-state index contributed by atoms with van der Waals surface area (Å²) in [5.74, 6) is 0.592. The number of Topliss-reactive ketones (excluding diaryl/α,β-unsaturated/α-hetero) is 1. The summed E-state index contributed by atoms with van der Waals surface area (Å²) >= 11 is 0. The minimum atomic E-state index is -4.55. The normalized spacial score (nSPS) is 16.6. The highest BCUT2D eigenvalue weighted by molar-refractivity contribution is 5.97. The summed E-state index contributed by atoms with van der Waals surface area (Å²) in [6.07, 6.45) is -1.17. The van der Waals surface area contributed by atoms with Crippen LogP contribution >= 0.6 is 0 Å². The zero-order valence-electron chi connectivity index (χ0n) is 19.0. The molecule has 178 valence electrons. The average Bonchev–Trinajstić information content (AvgIpc) is 3.02. The van der Waals surface area contributed by atoms with Gasteiger partial charge in [-0.25, -0.2) is 14.8 Å². The van der Waals surface area contributed by atoms with Gasteiger partial charge in [0.15, 0.2) is 5.78 Å². The Kier molecular flexibility index (Phi) is 7.24. The van der Waals surface area contributed by atoms with Crippen molar-refractivity contribution in [2.75, 3.05) is 25.1 Å². The van der Waals surface area contributed by atoms with E-state index in [1.807, 2.05) is 26.8 Å². The van der Waals surface area contributed by atoms with Crippen LogP contribution in [0, 0.1) is 12.8 Å². The first kappa shape index (κ1) is 24.5. The van der Waals surface area contributed by atoms with E-state index in [2.05, 4.69) is 9.97 Å². The number of alkyl halides is 3. The Hall–Kier alpha value is -3.17. The lowest BCUT2D eigenvalue weighted by molar-refractivity contribution is -0.141. The minimum Gasteiger partial charge on any atom is -0.481 e. The Bertz CT molecular complexity index is 1010. The van der Waals surface area contributed by atoms with Crippen LogP contribution in [-0.4, -0.2) is 52.9 Å². The molecule has 0 aromatic carbocycles. The molecule has 2 amide bonds. The van der Waals surface area contributed by atoms with Crippen molar-refractivity contribution in [3.63, 3.8) is 0 Å². The maximum absolute atomic E-state index is 13.1. The van der Waals surface area contributed by atoms with Crippen LogP contribution in [0.2, 0.25) is 0 Å². The summed E-state index contributed by atoms with van der Waals surface area (Å²) in [5.41, 5.74) is 0.770. The van der Waals surface area contributed by atoms with E-state index in [9.17, 15) is 22.8 Å². The van der Waals surface area contributed by atoms with Crippen molar-refractivity contribution >= 4 is 17.5 Å². The molecule has 10 heteroatoms. The SMILES string of the molecule is COc1ncc(CC(=O)CN2C(=O)N(c3ccc(C(F)(F)F)nc3)C[C@@H]2CC(C)C)cc1C. The van der Waals surface area contributed by atoms with Gasteiger partial charge < -0.3 is 9.64 Å². The van der Waals surface area contributed by atoms with Crippen LogP contribution in [-0.2, 0) is 17.4 Å². The number of rotatable bonds is 8. The number of urea groups is 1. The van der Waals surface area contributed by atoms with Crippen LogP contribution in [0.3, 0.4) is 0 Å². The van der Waals surface area contributed by atoms with E-state index in [0.717, 1.165) is 17.8 Å². The third-order valence-electron chi connectivity index (χ3n) is 5.43. The van der Waals surface area contributed by atoms with Crippen LogP contribution < -0.4 is 9.64 Å². The molecule has 0 unspecified atom stereocenters. The van der Waals surface area contributed by atoms with Crippen LogP contribution in [0.15, 0.2) is 30.6 Å². The number of hydrogen-bond acceptors (Lipinski definition) is 5. The van der Waals surface area contributed by atoms with Crippen LogP contribution in [0.1, 0.15) is 37.1 Å². The molecule has 0 N–H and O–H groups in total. The number of amides is 2. The fourth-order valence-electron chi connectivity index (χ4n) is 3.97. The van der Waals surface area contributed by atoms with Crippen LogP contribution in [0.25, 0.3) is 0 Å². The number of aryl methyl sites for hydroxylation is 1. The van der Waals surface area contributed by atoms with Crippen molar-refractivity contribution in [1.82, 2.24) is 14.9 Å². The first-order chi connectivity index (χ1) is 15.5. The fourth-order valence-corrected chi connectivity index (χ4v) is 3.97. The summed E-state index contributed by atoms with van der Waals surface area (Å²) in [6, 6.07) is 3.25. The Morgan fingerprint density at radius 1 is 1.24 bits per heavy atom. The lowest BCUT2D eigenvalue weighted by atomic mass is 10.0. The van der Waals surface area contributed by atoms with E-state index >= 15 is 0 Å². The number of ether oxygens (including phenoxy) is 1. The smallest absolute Gasteiger partial charge is 0.433 e. The number of hydrogen-bond donors (Lipinski definition) is 0. The summed E-state index contributed by atoms with van der Waals surface area (Å²) < 4.78 is 43.6. The van der Waals surface area contributed by atoms with Gasteiger partial charge in [-0.2, -0.15) is 13.2 Å². The number of ketones is 1. The van der Waals surface area contributed by atoms with Crippen molar-refractivity contribution in [3.05, 3.63) is 47.4 Å². The van der Waals surface area contributed by atoms with Gasteiger partial charge in [-0.15, -0.1) is 0 Å². The Morgan fingerprint density at radius 3 is 2.52 bits per heavy atom. The number of aromatic nitrogens is 2. The van der Waals surface area contributed by atoms with E-state index in [4.69, 9.17) is 4.74 Å². The van der Waals surface area contributed by atoms with Crippen molar-refractivity contribution in [1.29, 1.82) is 0 Å². The van der Waals surface area contributed by atoms with Crippen molar-refractivity contribution in [2.45, 2.75) is 45.8 Å². The molecule has 2 aromatic rings. The van der Waals surface area contributed by atoms with Gasteiger partial charge in [-0.05, 0) is 43.0 Å². The highest BCUT2D eigenvalue weighted by atomic mass is 19.4. The predicted octanol–water partition coefficient (Wildman–Crippen LogP) is 4.28. The molecule has 1 fully saturated rings. The summed E-state index contributed by atoms with van der Waals surface area (Å²) in [4.78, 5) is 36.4. The predicted molar refractivity (Wildman–Crippen MR) is 116 cm³/mol. The molecule has 7 nitrogen and oxygen atoms in total. The molecule has 0 saturated carbocycles. The molecule has 1 aliphatic rings. The first-order valence-corrected chi connectivity index (χ1v) is 10.6. The van der Waals surface area contributed by atoms with Crippen LogP contribution in [0.4, 0.5) is 23.7 Å². The summed E-state index contributed by atoms with van der Waals surface area (Å²) in [5, 5.41) is 0. The maximum atomic E-state index is 13.1.